The Balaban J connectivity index is 1.64. The minimum atomic E-state index is -1.08. The molecule has 3 aliphatic rings. The van der Waals surface area contributed by atoms with Crippen LogP contribution in [0.4, 0.5) is 0 Å². The summed E-state index contributed by atoms with van der Waals surface area (Å²) in [6.07, 6.45) is 5.38. The van der Waals surface area contributed by atoms with E-state index in [2.05, 4.69) is 37.7 Å². The molecule has 2 aliphatic heterocycles. The molecule has 0 unspecified atom stereocenters. The van der Waals surface area contributed by atoms with Crippen LogP contribution in [-0.2, 0) is 19.1 Å². The summed E-state index contributed by atoms with van der Waals surface area (Å²) in [7, 11) is 1.32. The first kappa shape index (κ1) is 36.9. The molecule has 276 valence electrons. The Morgan fingerprint density at radius 3 is 2.23 bits per heavy atom. The Morgan fingerprint density at radius 2 is 1.56 bits per heavy atom. The number of aliphatic hydroxyl groups excluding tert-OH is 2. The molecule has 0 aromatic carbocycles. The third-order valence-electron chi connectivity index (χ3n) is 11.4. The van der Waals surface area contributed by atoms with E-state index in [-0.39, 0.29) is 54.2 Å². The number of hydrogen-bond acceptors (Lipinski definition) is 8. The van der Waals surface area contributed by atoms with Crippen molar-refractivity contribution in [1.29, 1.82) is 0 Å². The Kier molecular flexibility index (Phi) is 10.4. The van der Waals surface area contributed by atoms with Crippen molar-refractivity contribution in [2.45, 2.75) is 117 Å². The van der Waals surface area contributed by atoms with Crippen molar-refractivity contribution in [2.24, 2.45) is 0 Å². The summed E-state index contributed by atoms with van der Waals surface area (Å²) in [6, 6.07) is 6.08. The molecule has 5 atom stereocenters. The van der Waals surface area contributed by atoms with E-state index in [1.807, 2.05) is 45.0 Å². The molecule has 8 bridgehead atoms. The highest BCUT2D eigenvalue weighted by Gasteiger charge is 2.41. The first-order valence-corrected chi connectivity index (χ1v) is 18.6. The lowest BCUT2D eigenvalue weighted by molar-refractivity contribution is -0.143. The molecule has 6 rings (SSSR count). The van der Waals surface area contributed by atoms with Crippen molar-refractivity contribution in [3.05, 3.63) is 79.8 Å². The average molecular weight is 709 g/mol. The maximum Gasteiger partial charge on any atom is 0.321 e. The SMILES string of the molecule is CCC/C(C)=C/COC(=O)CC[C@@H]1c2nc(cc3[nH]c(cc4nc(cc5[nH]c6c2[C@@H](C(=O)OC)C(O)=c6c5C)[C@H](CC)[C@H]4C)/c(=C(\C)O)c3C)[C@H]1C. The van der Waals surface area contributed by atoms with Crippen molar-refractivity contribution in [3.8, 4) is 0 Å². The van der Waals surface area contributed by atoms with Crippen LogP contribution in [0, 0.1) is 13.8 Å². The second kappa shape index (κ2) is 14.6. The van der Waals surface area contributed by atoms with E-state index in [9.17, 15) is 19.8 Å². The number of nitrogens with one attached hydrogen (secondary N) is 2. The lowest BCUT2D eigenvalue weighted by atomic mass is 9.84. The second-order valence-electron chi connectivity index (χ2n) is 14.7. The van der Waals surface area contributed by atoms with Crippen molar-refractivity contribution in [2.75, 3.05) is 13.7 Å². The number of aryl methyl sites for hydroxylation is 2. The predicted molar refractivity (Wildman–Crippen MR) is 204 cm³/mol. The van der Waals surface area contributed by atoms with Crippen LogP contribution in [-0.4, -0.2) is 55.8 Å². The lowest BCUT2D eigenvalue weighted by Gasteiger charge is -2.19. The highest BCUT2D eigenvalue weighted by molar-refractivity contribution is 5.96. The summed E-state index contributed by atoms with van der Waals surface area (Å²) in [4.78, 5) is 44.1. The van der Waals surface area contributed by atoms with Gasteiger partial charge in [-0.15, -0.1) is 0 Å². The van der Waals surface area contributed by atoms with Crippen molar-refractivity contribution in [1.82, 2.24) is 19.9 Å². The van der Waals surface area contributed by atoms with Gasteiger partial charge in [0.2, 0.25) is 0 Å². The number of carbonyl (C=O) groups is 2. The molecule has 1 aliphatic carbocycles. The molecule has 3 aromatic heterocycles. The van der Waals surface area contributed by atoms with Crippen LogP contribution in [0.3, 0.4) is 0 Å². The Hall–Kier alpha value is -4.86. The number of fused-ring (bicyclic) bond motifs is 8. The van der Waals surface area contributed by atoms with Gasteiger partial charge in [0.05, 0.1) is 29.6 Å². The van der Waals surface area contributed by atoms with Gasteiger partial charge in [-0.25, -0.2) is 0 Å². The molecule has 0 radical (unpaired) electrons. The Morgan fingerprint density at radius 1 is 0.904 bits per heavy atom. The zero-order valence-corrected chi connectivity index (χ0v) is 31.9. The van der Waals surface area contributed by atoms with Gasteiger partial charge in [-0.05, 0) is 82.4 Å². The minimum absolute atomic E-state index is 0.0793. The lowest BCUT2D eigenvalue weighted by Crippen LogP contribution is -2.18. The van der Waals surface area contributed by atoms with Crippen LogP contribution in [0.2, 0.25) is 0 Å². The maximum absolute atomic E-state index is 13.5. The van der Waals surface area contributed by atoms with Crippen LogP contribution in [0.25, 0.3) is 33.6 Å². The average Bonchev–Trinajstić information content (AvgIpc) is 3.84. The second-order valence-corrected chi connectivity index (χ2v) is 14.7. The van der Waals surface area contributed by atoms with Gasteiger partial charge in [0, 0.05) is 74.2 Å². The van der Waals surface area contributed by atoms with Gasteiger partial charge in [-0.1, -0.05) is 39.7 Å². The largest absolute Gasteiger partial charge is 0.512 e. The van der Waals surface area contributed by atoms with E-state index >= 15 is 0 Å². The molecule has 3 aromatic rings. The van der Waals surface area contributed by atoms with E-state index in [0.29, 0.717) is 28.4 Å². The molecule has 52 heavy (non-hydrogen) atoms. The molecule has 0 saturated heterocycles. The number of rotatable bonds is 9. The number of H-pyrrole nitrogens is 2. The molecule has 10 nitrogen and oxygen atoms in total. The molecule has 0 saturated carbocycles. The van der Waals surface area contributed by atoms with Crippen LogP contribution in [0.15, 0.2) is 29.8 Å². The molecule has 5 heterocycles. The fourth-order valence-electron chi connectivity index (χ4n) is 8.49. The molecular weight excluding hydrogens is 656 g/mol. The molecule has 0 spiro atoms. The summed E-state index contributed by atoms with van der Waals surface area (Å²) in [6.45, 7) is 16.4. The van der Waals surface area contributed by atoms with Crippen molar-refractivity contribution < 1.29 is 29.3 Å². The van der Waals surface area contributed by atoms with Gasteiger partial charge in [-0.2, -0.15) is 0 Å². The summed E-state index contributed by atoms with van der Waals surface area (Å²) in [5.41, 5.74) is 9.61. The van der Waals surface area contributed by atoms with E-state index in [1.54, 1.807) is 6.92 Å². The Bertz CT molecular complexity index is 2260. The highest BCUT2D eigenvalue weighted by atomic mass is 16.5. The predicted octanol–water partition coefficient (Wildman–Crippen LogP) is 7.81. The van der Waals surface area contributed by atoms with Gasteiger partial charge >= 0.3 is 11.9 Å². The number of aliphatic hydroxyl groups is 2. The number of aromatic nitrogens is 4. The van der Waals surface area contributed by atoms with Crippen molar-refractivity contribution >= 4 is 45.5 Å². The number of nitrogens with zero attached hydrogens (tertiary/aromatic N) is 2. The van der Waals surface area contributed by atoms with Crippen LogP contribution in [0.1, 0.15) is 143 Å². The van der Waals surface area contributed by atoms with Gasteiger partial charge in [0.15, 0.2) is 0 Å². The van der Waals surface area contributed by atoms with Crippen LogP contribution in [0.5, 0.6) is 0 Å². The smallest absolute Gasteiger partial charge is 0.321 e. The molecule has 10 heteroatoms. The summed E-state index contributed by atoms with van der Waals surface area (Å²) in [5, 5.41) is 24.0. The van der Waals surface area contributed by atoms with Gasteiger partial charge < -0.3 is 29.7 Å². The van der Waals surface area contributed by atoms with E-state index in [1.165, 1.54) is 12.7 Å². The van der Waals surface area contributed by atoms with Crippen LogP contribution >= 0.6 is 0 Å². The fourth-order valence-corrected chi connectivity index (χ4v) is 8.49. The first-order valence-electron chi connectivity index (χ1n) is 18.6. The zero-order valence-electron chi connectivity index (χ0n) is 31.9. The molecule has 4 N–H and O–H groups in total. The minimum Gasteiger partial charge on any atom is -0.512 e. The van der Waals surface area contributed by atoms with E-state index in [0.717, 1.165) is 69.2 Å². The van der Waals surface area contributed by atoms with Crippen molar-refractivity contribution in [3.63, 3.8) is 0 Å². The van der Waals surface area contributed by atoms with Crippen LogP contribution < -0.4 is 10.4 Å². The number of esters is 2. The third-order valence-corrected chi connectivity index (χ3v) is 11.4. The number of ether oxygens (including phenoxy) is 2. The topological polar surface area (TPSA) is 150 Å². The van der Waals surface area contributed by atoms with E-state index in [4.69, 9.17) is 19.4 Å². The Labute approximate surface area is 304 Å². The molecular formula is C42H52N4O6. The number of hydrogen-bond donors (Lipinski definition) is 4. The summed E-state index contributed by atoms with van der Waals surface area (Å²) < 4.78 is 10.9. The standard InChI is InChI=1S/C42H52N4O6/c1-10-12-20(3)15-16-52-34(48)14-13-27-22(5)29-17-30-23(6)35(25(8)47)33(44-30)19-28-21(4)26(11-2)32(43-28)18-31-24(7)36-40(46-31)37(39(27)45-29)38(41(36)49)42(50)51-9/h15,17-19,21-22,26-27,38,44,46-47,49H,10-14,16H2,1-9H3/b20-15+,29-17?,32-18?,33-19?,35-25+/t21-,22+,26-,27+,38-/m1/s1. The highest BCUT2D eigenvalue weighted by Crippen LogP contribution is 2.46. The maximum atomic E-state index is 13.5. The fraction of sp³-hybridized carbons (Fsp3) is 0.476. The number of aromatic amines is 2. The molecule has 0 fully saturated rings. The van der Waals surface area contributed by atoms with E-state index < -0.39 is 11.9 Å². The monoisotopic (exact) mass is 708 g/mol. The van der Waals surface area contributed by atoms with Gasteiger partial charge in [-0.3, -0.25) is 19.6 Å². The number of carbonyl (C=O) groups excluding carboxylic acids is 2. The quantitative estimate of drug-likeness (QED) is 0.130. The molecule has 0 amide bonds. The third kappa shape index (κ3) is 6.41. The summed E-state index contributed by atoms with van der Waals surface area (Å²) >= 11 is 0. The summed E-state index contributed by atoms with van der Waals surface area (Å²) in [5.74, 6) is -2.02. The zero-order chi connectivity index (χ0) is 37.6. The van der Waals surface area contributed by atoms with Gasteiger partial charge in [0.1, 0.15) is 18.3 Å². The van der Waals surface area contributed by atoms with Gasteiger partial charge in [0.25, 0.3) is 0 Å². The normalized spacial score (nSPS) is 21.8. The number of allylic oxidation sites excluding steroid dienone is 1. The number of methoxy groups -OCH3 is 1. The first-order chi connectivity index (χ1) is 24.8.